The maximum Gasteiger partial charge on any atom is 0.0724 e. The SMILES string of the molecule is COC1CCCC1NC1CSc2ccccc21. The largest absolute Gasteiger partial charge is 0.380 e. The fourth-order valence-electron chi connectivity index (χ4n) is 2.96. The molecule has 1 aromatic rings. The summed E-state index contributed by atoms with van der Waals surface area (Å²) in [7, 11) is 1.84. The predicted molar refractivity (Wildman–Crippen MR) is 71.5 cm³/mol. The van der Waals surface area contributed by atoms with E-state index in [9.17, 15) is 0 Å². The van der Waals surface area contributed by atoms with E-state index in [1.807, 2.05) is 18.9 Å². The number of rotatable bonds is 3. The Hall–Kier alpha value is -0.510. The highest BCUT2D eigenvalue weighted by atomic mass is 32.2. The molecule has 0 spiro atoms. The molecule has 1 aromatic carbocycles. The van der Waals surface area contributed by atoms with Gasteiger partial charge in [-0.3, -0.25) is 0 Å². The molecular weight excluding hydrogens is 230 g/mol. The highest BCUT2D eigenvalue weighted by Gasteiger charge is 2.31. The van der Waals surface area contributed by atoms with Crippen LogP contribution in [0.1, 0.15) is 30.9 Å². The number of ether oxygens (including phenoxy) is 1. The number of fused-ring (bicyclic) bond motifs is 1. The molecule has 0 saturated heterocycles. The molecule has 0 radical (unpaired) electrons. The summed E-state index contributed by atoms with van der Waals surface area (Å²) in [5.41, 5.74) is 1.47. The molecule has 3 heteroatoms. The molecule has 0 amide bonds. The minimum atomic E-state index is 0.410. The summed E-state index contributed by atoms with van der Waals surface area (Å²) in [6, 6.07) is 9.80. The number of methoxy groups -OCH3 is 1. The standard InChI is InChI=1S/C14H19NOS/c1-16-13-7-4-6-11(13)15-12-9-17-14-8-3-2-5-10(12)14/h2-3,5,8,11-13,15H,4,6-7,9H2,1H3. The van der Waals surface area contributed by atoms with Crippen molar-refractivity contribution in [3.8, 4) is 0 Å². The Labute approximate surface area is 107 Å². The van der Waals surface area contributed by atoms with Crippen LogP contribution in [0.5, 0.6) is 0 Å². The molecule has 1 fully saturated rings. The summed E-state index contributed by atoms with van der Waals surface area (Å²) < 4.78 is 5.55. The van der Waals surface area contributed by atoms with Crippen molar-refractivity contribution < 1.29 is 4.74 Å². The zero-order chi connectivity index (χ0) is 11.7. The van der Waals surface area contributed by atoms with Gasteiger partial charge in [0.2, 0.25) is 0 Å². The van der Waals surface area contributed by atoms with Gasteiger partial charge in [0.15, 0.2) is 0 Å². The van der Waals surface area contributed by atoms with Crippen LogP contribution in [0, 0.1) is 0 Å². The average Bonchev–Trinajstić information content (AvgIpc) is 2.97. The fourth-order valence-corrected chi connectivity index (χ4v) is 4.13. The molecule has 0 aromatic heterocycles. The molecule has 1 heterocycles. The lowest BCUT2D eigenvalue weighted by atomic mass is 10.1. The maximum atomic E-state index is 5.55. The molecule has 1 aliphatic heterocycles. The fraction of sp³-hybridized carbons (Fsp3) is 0.571. The summed E-state index contributed by atoms with van der Waals surface area (Å²) in [5.74, 6) is 1.16. The molecule has 2 aliphatic rings. The Morgan fingerprint density at radius 2 is 2.18 bits per heavy atom. The summed E-state index contributed by atoms with van der Waals surface area (Å²) >= 11 is 1.96. The molecule has 3 atom stereocenters. The van der Waals surface area contributed by atoms with Crippen LogP contribution in [0.3, 0.4) is 0 Å². The summed E-state index contributed by atoms with van der Waals surface area (Å²) in [4.78, 5) is 1.44. The Morgan fingerprint density at radius 3 is 3.06 bits per heavy atom. The van der Waals surface area contributed by atoms with Crippen LogP contribution >= 0.6 is 11.8 Å². The Kier molecular flexibility index (Phi) is 3.41. The molecule has 1 N–H and O–H groups in total. The van der Waals surface area contributed by atoms with Crippen molar-refractivity contribution in [3.63, 3.8) is 0 Å². The maximum absolute atomic E-state index is 5.55. The van der Waals surface area contributed by atoms with Gasteiger partial charge in [-0.25, -0.2) is 0 Å². The molecular formula is C14H19NOS. The first kappa shape index (κ1) is 11.6. The van der Waals surface area contributed by atoms with Crippen molar-refractivity contribution in [2.24, 2.45) is 0 Å². The summed E-state index contributed by atoms with van der Waals surface area (Å²) in [6.45, 7) is 0. The van der Waals surface area contributed by atoms with Crippen LogP contribution in [-0.4, -0.2) is 25.0 Å². The lowest BCUT2D eigenvalue weighted by Gasteiger charge is -2.24. The van der Waals surface area contributed by atoms with E-state index < -0.39 is 0 Å². The van der Waals surface area contributed by atoms with Gasteiger partial charge in [0.1, 0.15) is 0 Å². The molecule has 1 aliphatic carbocycles. The average molecular weight is 249 g/mol. The van der Waals surface area contributed by atoms with E-state index >= 15 is 0 Å². The molecule has 17 heavy (non-hydrogen) atoms. The van der Waals surface area contributed by atoms with Crippen molar-refractivity contribution >= 4 is 11.8 Å². The van der Waals surface area contributed by atoms with E-state index in [0.29, 0.717) is 18.2 Å². The molecule has 3 rings (SSSR count). The van der Waals surface area contributed by atoms with Gasteiger partial charge < -0.3 is 10.1 Å². The zero-order valence-corrected chi connectivity index (χ0v) is 11.0. The van der Waals surface area contributed by atoms with Crippen LogP contribution < -0.4 is 5.32 Å². The summed E-state index contributed by atoms with van der Waals surface area (Å²) in [6.07, 6.45) is 4.16. The van der Waals surface area contributed by atoms with Crippen molar-refractivity contribution in [1.29, 1.82) is 0 Å². The minimum Gasteiger partial charge on any atom is -0.380 e. The lowest BCUT2D eigenvalue weighted by Crippen LogP contribution is -2.39. The van der Waals surface area contributed by atoms with Crippen LogP contribution in [-0.2, 0) is 4.74 Å². The minimum absolute atomic E-state index is 0.410. The Morgan fingerprint density at radius 1 is 1.29 bits per heavy atom. The quantitative estimate of drug-likeness (QED) is 0.890. The predicted octanol–water partition coefficient (Wildman–Crippen LogP) is 2.99. The molecule has 92 valence electrons. The first-order chi connectivity index (χ1) is 8.38. The van der Waals surface area contributed by atoms with E-state index in [1.54, 1.807) is 0 Å². The lowest BCUT2D eigenvalue weighted by molar-refractivity contribution is 0.0822. The molecule has 2 nitrogen and oxygen atoms in total. The number of hydrogen-bond acceptors (Lipinski definition) is 3. The molecule has 3 unspecified atom stereocenters. The second kappa shape index (κ2) is 5.01. The van der Waals surface area contributed by atoms with Gasteiger partial charge >= 0.3 is 0 Å². The van der Waals surface area contributed by atoms with Crippen LogP contribution in [0.4, 0.5) is 0 Å². The van der Waals surface area contributed by atoms with E-state index in [-0.39, 0.29) is 0 Å². The number of thioether (sulfide) groups is 1. The number of benzene rings is 1. The third kappa shape index (κ3) is 2.24. The van der Waals surface area contributed by atoms with Crippen molar-refractivity contribution in [2.75, 3.05) is 12.9 Å². The van der Waals surface area contributed by atoms with Gasteiger partial charge in [-0.1, -0.05) is 18.2 Å². The molecule has 1 saturated carbocycles. The van der Waals surface area contributed by atoms with Gasteiger partial charge in [-0.05, 0) is 30.9 Å². The smallest absolute Gasteiger partial charge is 0.0724 e. The first-order valence-electron chi connectivity index (χ1n) is 6.39. The van der Waals surface area contributed by atoms with E-state index in [2.05, 4.69) is 29.6 Å². The third-order valence-electron chi connectivity index (χ3n) is 3.87. The third-order valence-corrected chi connectivity index (χ3v) is 5.05. The Balaban J connectivity index is 1.71. The van der Waals surface area contributed by atoms with Gasteiger partial charge in [0.05, 0.1) is 6.10 Å². The zero-order valence-electron chi connectivity index (χ0n) is 10.2. The van der Waals surface area contributed by atoms with Crippen LogP contribution in [0.15, 0.2) is 29.2 Å². The van der Waals surface area contributed by atoms with E-state index in [0.717, 1.165) is 5.75 Å². The normalized spacial score (nSPS) is 31.7. The topological polar surface area (TPSA) is 21.3 Å². The van der Waals surface area contributed by atoms with Crippen LogP contribution in [0.25, 0.3) is 0 Å². The van der Waals surface area contributed by atoms with Crippen LogP contribution in [0.2, 0.25) is 0 Å². The molecule has 0 bridgehead atoms. The highest BCUT2D eigenvalue weighted by molar-refractivity contribution is 7.99. The highest BCUT2D eigenvalue weighted by Crippen LogP contribution is 2.39. The van der Waals surface area contributed by atoms with E-state index in [1.165, 1.54) is 29.7 Å². The summed E-state index contributed by atoms with van der Waals surface area (Å²) in [5, 5.41) is 3.79. The number of hydrogen-bond donors (Lipinski definition) is 1. The van der Waals surface area contributed by atoms with Gasteiger partial charge in [0.25, 0.3) is 0 Å². The van der Waals surface area contributed by atoms with Crippen molar-refractivity contribution in [1.82, 2.24) is 5.32 Å². The van der Waals surface area contributed by atoms with Gasteiger partial charge in [-0.15, -0.1) is 11.8 Å². The first-order valence-corrected chi connectivity index (χ1v) is 7.37. The second-order valence-electron chi connectivity index (χ2n) is 4.88. The van der Waals surface area contributed by atoms with Crippen molar-refractivity contribution in [2.45, 2.75) is 42.3 Å². The van der Waals surface area contributed by atoms with Gasteiger partial charge in [-0.2, -0.15) is 0 Å². The second-order valence-corrected chi connectivity index (χ2v) is 5.94. The van der Waals surface area contributed by atoms with Gasteiger partial charge in [0, 0.05) is 29.8 Å². The number of nitrogens with one attached hydrogen (secondary N) is 1. The monoisotopic (exact) mass is 249 g/mol. The Bertz CT molecular complexity index is 396. The van der Waals surface area contributed by atoms with Crippen molar-refractivity contribution in [3.05, 3.63) is 29.8 Å². The van der Waals surface area contributed by atoms with E-state index in [4.69, 9.17) is 4.74 Å².